The summed E-state index contributed by atoms with van der Waals surface area (Å²) >= 11 is 0. The minimum absolute atomic E-state index is 0.0641. The van der Waals surface area contributed by atoms with E-state index in [1.165, 1.54) is 6.08 Å². The lowest BCUT2D eigenvalue weighted by Crippen LogP contribution is -2.14. The van der Waals surface area contributed by atoms with Crippen molar-refractivity contribution in [2.45, 2.75) is 19.3 Å². The number of ether oxygens (including phenoxy) is 2. The Hall–Kier alpha value is -3.01. The van der Waals surface area contributed by atoms with Gasteiger partial charge in [0.15, 0.2) is 0 Å². The van der Waals surface area contributed by atoms with Gasteiger partial charge in [-0.3, -0.25) is 0 Å². The molecule has 0 saturated carbocycles. The second-order valence-electron chi connectivity index (χ2n) is 5.93. The van der Waals surface area contributed by atoms with Crippen LogP contribution >= 0.6 is 0 Å². The zero-order valence-electron chi connectivity index (χ0n) is 13.9. The lowest BCUT2D eigenvalue weighted by atomic mass is 9.86. The van der Waals surface area contributed by atoms with Crippen LogP contribution in [-0.2, 0) is 9.53 Å². The van der Waals surface area contributed by atoms with E-state index in [0.717, 1.165) is 22.1 Å². The fourth-order valence-corrected chi connectivity index (χ4v) is 3.29. The average Bonchev–Trinajstić information content (AvgIpc) is 3.00. The number of para-hydroxylation sites is 1. The highest BCUT2D eigenvalue weighted by Crippen LogP contribution is 2.47. The van der Waals surface area contributed by atoms with Crippen LogP contribution in [0.25, 0.3) is 11.0 Å². The third-order valence-corrected chi connectivity index (χ3v) is 4.34. The molecule has 1 aliphatic heterocycles. The van der Waals surface area contributed by atoms with Crippen LogP contribution in [-0.4, -0.2) is 12.6 Å². The Morgan fingerprint density at radius 2 is 1.92 bits per heavy atom. The smallest absolute Gasteiger partial charge is 0.334 e. The van der Waals surface area contributed by atoms with Crippen molar-refractivity contribution in [3.63, 3.8) is 0 Å². The number of carbonyl (C=O) groups is 1. The van der Waals surface area contributed by atoms with Gasteiger partial charge in [-0.05, 0) is 18.6 Å². The van der Waals surface area contributed by atoms with Crippen LogP contribution in [0.4, 0.5) is 0 Å². The van der Waals surface area contributed by atoms with Crippen LogP contribution < -0.4 is 4.74 Å². The third kappa shape index (κ3) is 2.91. The van der Waals surface area contributed by atoms with Crippen molar-refractivity contribution in [3.8, 4) is 5.95 Å². The molecule has 3 aromatic rings. The largest absolute Gasteiger partial charge is 0.463 e. The molecule has 0 spiro atoms. The molecule has 25 heavy (non-hydrogen) atoms. The molecule has 0 amide bonds. The van der Waals surface area contributed by atoms with E-state index in [1.54, 1.807) is 6.92 Å². The van der Waals surface area contributed by atoms with Crippen LogP contribution in [0.3, 0.4) is 0 Å². The summed E-state index contributed by atoms with van der Waals surface area (Å²) in [4.78, 5) is 11.8. The van der Waals surface area contributed by atoms with Gasteiger partial charge in [-0.1, -0.05) is 48.5 Å². The molecule has 0 N–H and O–H groups in total. The van der Waals surface area contributed by atoms with E-state index >= 15 is 0 Å². The van der Waals surface area contributed by atoms with Gasteiger partial charge < -0.3 is 13.9 Å². The quantitative estimate of drug-likeness (QED) is 0.510. The predicted molar refractivity (Wildman–Crippen MR) is 94.5 cm³/mol. The van der Waals surface area contributed by atoms with Gasteiger partial charge >= 0.3 is 5.97 Å². The fraction of sp³-hybridized carbons (Fsp3) is 0.190. The molecule has 0 fully saturated rings. The maximum atomic E-state index is 11.8. The molecule has 126 valence electrons. The minimum atomic E-state index is -0.399. The number of hydrogen-bond donors (Lipinski definition) is 0. The normalized spacial score (nSPS) is 18.0. The average molecular weight is 334 g/mol. The molecule has 0 saturated heterocycles. The molecule has 1 aromatic heterocycles. The lowest BCUT2D eigenvalue weighted by molar-refractivity contribution is -0.137. The van der Waals surface area contributed by atoms with Crippen LogP contribution in [0.2, 0.25) is 0 Å². The molecular weight excluding hydrogens is 316 g/mol. The summed E-state index contributed by atoms with van der Waals surface area (Å²) in [5.41, 5.74) is 2.97. The number of furan rings is 1. The van der Waals surface area contributed by atoms with Crippen molar-refractivity contribution < 1.29 is 18.7 Å². The third-order valence-electron chi connectivity index (χ3n) is 4.34. The van der Waals surface area contributed by atoms with Crippen molar-refractivity contribution in [3.05, 3.63) is 77.6 Å². The van der Waals surface area contributed by atoms with Crippen molar-refractivity contribution in [2.24, 2.45) is 0 Å². The van der Waals surface area contributed by atoms with E-state index in [-0.39, 0.29) is 5.92 Å². The fourth-order valence-electron chi connectivity index (χ4n) is 3.29. The second kappa shape index (κ2) is 6.48. The summed E-state index contributed by atoms with van der Waals surface area (Å²) in [6, 6.07) is 18.1. The standard InChI is InChI=1S/C21H18O4/c1-2-23-19(22)13-15-12-17(14-8-4-3-5-9-14)20-16-10-6-7-11-18(16)25-21(20)24-15/h3-11,13,17H,2,12H2,1H3/b15-13+/t17-/m0/s1. The van der Waals surface area contributed by atoms with Gasteiger partial charge in [0.2, 0.25) is 0 Å². The first-order chi connectivity index (χ1) is 12.3. The number of benzene rings is 2. The summed E-state index contributed by atoms with van der Waals surface area (Å²) in [7, 11) is 0. The van der Waals surface area contributed by atoms with Crippen molar-refractivity contribution in [2.75, 3.05) is 6.61 Å². The maximum Gasteiger partial charge on any atom is 0.334 e. The van der Waals surface area contributed by atoms with Gasteiger partial charge in [-0.2, -0.15) is 0 Å². The molecule has 4 rings (SSSR count). The zero-order chi connectivity index (χ0) is 17.2. The molecule has 0 bridgehead atoms. The highest BCUT2D eigenvalue weighted by molar-refractivity contribution is 5.86. The first-order valence-corrected chi connectivity index (χ1v) is 8.38. The molecule has 0 radical (unpaired) electrons. The topological polar surface area (TPSA) is 48.7 Å². The molecule has 1 atom stereocenters. The number of rotatable bonds is 3. The van der Waals surface area contributed by atoms with Gasteiger partial charge in [0.1, 0.15) is 11.3 Å². The Morgan fingerprint density at radius 3 is 2.72 bits per heavy atom. The summed E-state index contributed by atoms with van der Waals surface area (Å²) in [6.45, 7) is 2.11. The van der Waals surface area contributed by atoms with E-state index in [0.29, 0.717) is 24.7 Å². The summed E-state index contributed by atoms with van der Waals surface area (Å²) in [5, 5.41) is 1.04. The Labute approximate surface area is 145 Å². The van der Waals surface area contributed by atoms with Crippen LogP contribution in [0.15, 0.2) is 70.8 Å². The van der Waals surface area contributed by atoms with Gasteiger partial charge in [0.05, 0.1) is 18.2 Å². The van der Waals surface area contributed by atoms with Crippen LogP contribution in [0.1, 0.15) is 30.4 Å². The van der Waals surface area contributed by atoms with E-state index < -0.39 is 5.97 Å². The van der Waals surface area contributed by atoms with Crippen molar-refractivity contribution in [1.82, 2.24) is 0 Å². The van der Waals surface area contributed by atoms with E-state index in [2.05, 4.69) is 12.1 Å². The molecule has 4 nitrogen and oxygen atoms in total. The van der Waals surface area contributed by atoms with E-state index in [9.17, 15) is 4.79 Å². The summed E-state index contributed by atoms with van der Waals surface area (Å²) in [5.74, 6) is 0.675. The number of allylic oxidation sites excluding steroid dienone is 1. The summed E-state index contributed by atoms with van der Waals surface area (Å²) < 4.78 is 16.8. The van der Waals surface area contributed by atoms with Crippen LogP contribution in [0, 0.1) is 0 Å². The zero-order valence-corrected chi connectivity index (χ0v) is 13.9. The molecule has 2 aromatic carbocycles. The first-order valence-electron chi connectivity index (χ1n) is 8.38. The number of fused-ring (bicyclic) bond motifs is 3. The number of hydrogen-bond acceptors (Lipinski definition) is 4. The Morgan fingerprint density at radius 1 is 1.16 bits per heavy atom. The SMILES string of the molecule is CCOC(=O)/C=C1\C[C@@H](c2ccccc2)c2c(oc3ccccc23)O1. The van der Waals surface area contributed by atoms with Crippen molar-refractivity contribution in [1.29, 1.82) is 0 Å². The van der Waals surface area contributed by atoms with Gasteiger partial charge in [0.25, 0.3) is 5.95 Å². The van der Waals surface area contributed by atoms with Gasteiger partial charge in [-0.25, -0.2) is 4.79 Å². The Bertz CT molecular complexity index is 937. The Balaban J connectivity index is 1.83. The number of esters is 1. The summed E-state index contributed by atoms with van der Waals surface area (Å²) in [6.07, 6.45) is 1.99. The van der Waals surface area contributed by atoms with Crippen molar-refractivity contribution >= 4 is 16.9 Å². The minimum Gasteiger partial charge on any atom is -0.463 e. The molecule has 0 unspecified atom stereocenters. The first kappa shape index (κ1) is 15.5. The monoisotopic (exact) mass is 334 g/mol. The molecule has 2 heterocycles. The Kier molecular flexibility index (Phi) is 4.02. The second-order valence-corrected chi connectivity index (χ2v) is 5.93. The van der Waals surface area contributed by atoms with Gasteiger partial charge in [0, 0.05) is 17.7 Å². The predicted octanol–water partition coefficient (Wildman–Crippen LogP) is 4.79. The number of carbonyl (C=O) groups excluding carboxylic acids is 1. The van der Waals surface area contributed by atoms with E-state index in [1.807, 2.05) is 42.5 Å². The van der Waals surface area contributed by atoms with E-state index in [4.69, 9.17) is 13.9 Å². The van der Waals surface area contributed by atoms with Gasteiger partial charge in [-0.15, -0.1) is 0 Å². The highest BCUT2D eigenvalue weighted by Gasteiger charge is 2.32. The van der Waals surface area contributed by atoms with Crippen LogP contribution in [0.5, 0.6) is 5.95 Å². The molecular formula is C21H18O4. The highest BCUT2D eigenvalue weighted by atomic mass is 16.6. The molecule has 1 aliphatic rings. The molecule has 0 aliphatic carbocycles. The maximum absolute atomic E-state index is 11.8. The molecule has 4 heteroatoms. The lowest BCUT2D eigenvalue weighted by Gasteiger charge is -2.24.